The van der Waals surface area contributed by atoms with Crippen LogP contribution in [0.25, 0.3) is 22.1 Å². The van der Waals surface area contributed by atoms with Gasteiger partial charge in [-0.05, 0) is 30.3 Å². The summed E-state index contributed by atoms with van der Waals surface area (Å²) in [7, 11) is 0. The second-order valence-corrected chi connectivity index (χ2v) is 3.66. The molecule has 0 N–H and O–H groups in total. The number of nitrogens with zero attached hydrogens (tertiary/aromatic N) is 1. The highest BCUT2D eigenvalue weighted by Crippen LogP contribution is 2.34. The molecule has 0 atom stereocenters. The molecule has 0 saturated heterocycles. The summed E-state index contributed by atoms with van der Waals surface area (Å²) in [6.07, 6.45) is -2.78. The van der Waals surface area contributed by atoms with Crippen LogP contribution in [0, 0.1) is 0 Å². The average Bonchev–Trinajstić information content (AvgIpc) is 2.65. The van der Waals surface area contributed by atoms with E-state index in [1.54, 1.807) is 18.3 Å². The monoisotopic (exact) mass is 237 g/mol. The van der Waals surface area contributed by atoms with E-state index in [0.29, 0.717) is 16.5 Å². The summed E-state index contributed by atoms with van der Waals surface area (Å²) in [4.78, 5) is 4.09. The second kappa shape index (κ2) is 3.23. The topological polar surface area (TPSA) is 26.0 Å². The Morgan fingerprint density at radius 3 is 2.65 bits per heavy atom. The number of furan rings is 1. The van der Waals surface area contributed by atoms with Crippen LogP contribution < -0.4 is 0 Å². The number of rotatable bonds is 0. The zero-order chi connectivity index (χ0) is 12.0. The maximum Gasteiger partial charge on any atom is 0.416 e. The van der Waals surface area contributed by atoms with Gasteiger partial charge in [0.25, 0.3) is 0 Å². The average molecular weight is 237 g/mol. The number of pyridine rings is 1. The summed E-state index contributed by atoms with van der Waals surface area (Å²) in [6.45, 7) is 0. The summed E-state index contributed by atoms with van der Waals surface area (Å²) in [5.41, 5.74) is 0.552. The van der Waals surface area contributed by atoms with E-state index in [1.807, 2.05) is 0 Å². The van der Waals surface area contributed by atoms with Crippen molar-refractivity contribution in [3.8, 4) is 0 Å². The Bertz CT molecular complexity index is 700. The van der Waals surface area contributed by atoms with E-state index in [9.17, 15) is 13.2 Å². The van der Waals surface area contributed by atoms with Gasteiger partial charge in [-0.3, -0.25) is 4.98 Å². The number of halogens is 3. The number of alkyl halides is 3. The minimum absolute atomic E-state index is 0.202. The number of hydrogen-bond donors (Lipinski definition) is 0. The molecule has 2 nitrogen and oxygen atoms in total. The zero-order valence-electron chi connectivity index (χ0n) is 8.45. The molecule has 1 aromatic carbocycles. The molecule has 0 radical (unpaired) electrons. The molecular weight excluding hydrogens is 231 g/mol. The van der Waals surface area contributed by atoms with E-state index in [1.165, 1.54) is 6.07 Å². The third-order valence-electron chi connectivity index (χ3n) is 2.55. The molecule has 17 heavy (non-hydrogen) atoms. The van der Waals surface area contributed by atoms with E-state index >= 15 is 0 Å². The number of fused-ring (bicyclic) bond motifs is 3. The van der Waals surface area contributed by atoms with Crippen molar-refractivity contribution < 1.29 is 17.6 Å². The molecule has 0 aliphatic heterocycles. The number of benzene rings is 1. The predicted octanol–water partition coefficient (Wildman–Crippen LogP) is 4.00. The van der Waals surface area contributed by atoms with Crippen molar-refractivity contribution in [3.63, 3.8) is 0 Å². The van der Waals surface area contributed by atoms with Crippen molar-refractivity contribution in [1.29, 1.82) is 0 Å². The fraction of sp³-hybridized carbons (Fsp3) is 0.0833. The maximum atomic E-state index is 12.5. The first-order valence-electron chi connectivity index (χ1n) is 4.90. The van der Waals surface area contributed by atoms with Crippen LogP contribution in [-0.4, -0.2) is 4.98 Å². The Morgan fingerprint density at radius 2 is 1.88 bits per heavy atom. The van der Waals surface area contributed by atoms with Gasteiger partial charge in [0.05, 0.1) is 5.56 Å². The standard InChI is InChI=1S/C12H6F3NO/c13-12(14,15)7-3-4-8-10(6-7)17-9-2-1-5-16-11(8)9/h1-6H. The quantitative estimate of drug-likeness (QED) is 0.590. The van der Waals surface area contributed by atoms with Gasteiger partial charge in [-0.2, -0.15) is 13.2 Å². The highest BCUT2D eigenvalue weighted by atomic mass is 19.4. The Labute approximate surface area is 93.7 Å². The van der Waals surface area contributed by atoms with Gasteiger partial charge in [-0.15, -0.1) is 0 Å². The van der Waals surface area contributed by atoms with Crippen LogP contribution in [0.15, 0.2) is 40.9 Å². The van der Waals surface area contributed by atoms with Gasteiger partial charge in [-0.25, -0.2) is 0 Å². The molecule has 86 valence electrons. The fourth-order valence-corrected chi connectivity index (χ4v) is 1.77. The van der Waals surface area contributed by atoms with Crippen LogP contribution >= 0.6 is 0 Å². The van der Waals surface area contributed by atoms with Gasteiger partial charge < -0.3 is 4.42 Å². The molecule has 3 rings (SSSR count). The van der Waals surface area contributed by atoms with E-state index in [-0.39, 0.29) is 5.58 Å². The lowest BCUT2D eigenvalue weighted by atomic mass is 10.1. The molecule has 3 aromatic rings. The van der Waals surface area contributed by atoms with Crippen molar-refractivity contribution in [2.24, 2.45) is 0 Å². The van der Waals surface area contributed by atoms with Crippen LogP contribution in [0.1, 0.15) is 5.56 Å². The highest BCUT2D eigenvalue weighted by Gasteiger charge is 2.31. The minimum atomic E-state index is -4.36. The molecule has 2 heterocycles. The normalized spacial score (nSPS) is 12.4. The Balaban J connectivity index is 2.34. The van der Waals surface area contributed by atoms with Gasteiger partial charge in [0.2, 0.25) is 0 Å². The molecule has 0 amide bonds. The van der Waals surface area contributed by atoms with Gasteiger partial charge >= 0.3 is 6.18 Å². The van der Waals surface area contributed by atoms with Crippen LogP contribution in [0.4, 0.5) is 13.2 Å². The van der Waals surface area contributed by atoms with Gasteiger partial charge in [-0.1, -0.05) is 0 Å². The zero-order valence-corrected chi connectivity index (χ0v) is 8.45. The van der Waals surface area contributed by atoms with E-state index in [2.05, 4.69) is 4.98 Å². The van der Waals surface area contributed by atoms with Crippen LogP contribution in [-0.2, 0) is 6.18 Å². The van der Waals surface area contributed by atoms with Gasteiger partial charge in [0, 0.05) is 11.6 Å². The Hall–Kier alpha value is -2.04. The number of hydrogen-bond acceptors (Lipinski definition) is 2. The van der Waals surface area contributed by atoms with E-state index in [4.69, 9.17) is 4.42 Å². The van der Waals surface area contributed by atoms with E-state index in [0.717, 1.165) is 12.1 Å². The van der Waals surface area contributed by atoms with Crippen LogP contribution in [0.5, 0.6) is 0 Å². The minimum Gasteiger partial charge on any atom is -0.454 e. The third-order valence-corrected chi connectivity index (χ3v) is 2.55. The highest BCUT2D eigenvalue weighted by molar-refractivity contribution is 6.02. The Kier molecular flexibility index (Phi) is 1.92. The summed E-state index contributed by atoms with van der Waals surface area (Å²) < 4.78 is 42.9. The SMILES string of the molecule is FC(F)(F)c1ccc2c(c1)oc1cccnc12. The summed E-state index contributed by atoms with van der Waals surface area (Å²) in [6, 6.07) is 6.77. The first-order valence-corrected chi connectivity index (χ1v) is 4.90. The van der Waals surface area contributed by atoms with Crippen LogP contribution in [0.3, 0.4) is 0 Å². The van der Waals surface area contributed by atoms with Gasteiger partial charge in [0.1, 0.15) is 11.1 Å². The molecule has 0 unspecified atom stereocenters. The summed E-state index contributed by atoms with van der Waals surface area (Å²) >= 11 is 0. The maximum absolute atomic E-state index is 12.5. The molecule has 0 fully saturated rings. The molecule has 0 bridgehead atoms. The molecule has 0 saturated carbocycles. The van der Waals surface area contributed by atoms with Crippen molar-refractivity contribution in [2.45, 2.75) is 6.18 Å². The molecule has 0 aliphatic rings. The summed E-state index contributed by atoms with van der Waals surface area (Å²) in [5, 5.41) is 0.591. The fourth-order valence-electron chi connectivity index (χ4n) is 1.77. The van der Waals surface area contributed by atoms with Crippen molar-refractivity contribution >= 4 is 22.1 Å². The van der Waals surface area contributed by atoms with Crippen LogP contribution in [0.2, 0.25) is 0 Å². The first kappa shape index (κ1) is 10.1. The molecular formula is C12H6F3NO. The Morgan fingerprint density at radius 1 is 1.06 bits per heavy atom. The van der Waals surface area contributed by atoms with E-state index < -0.39 is 11.7 Å². The largest absolute Gasteiger partial charge is 0.454 e. The second-order valence-electron chi connectivity index (χ2n) is 3.66. The number of aromatic nitrogens is 1. The lowest BCUT2D eigenvalue weighted by Crippen LogP contribution is -2.03. The molecule has 2 aromatic heterocycles. The molecule has 0 aliphatic carbocycles. The van der Waals surface area contributed by atoms with Crippen molar-refractivity contribution in [3.05, 3.63) is 42.1 Å². The third kappa shape index (κ3) is 1.54. The lowest BCUT2D eigenvalue weighted by Gasteiger charge is -2.04. The lowest BCUT2D eigenvalue weighted by molar-refractivity contribution is -0.137. The molecule has 5 heteroatoms. The van der Waals surface area contributed by atoms with Crippen molar-refractivity contribution in [2.75, 3.05) is 0 Å². The molecule has 0 spiro atoms. The first-order chi connectivity index (χ1) is 8.05. The van der Waals surface area contributed by atoms with Crippen molar-refractivity contribution in [1.82, 2.24) is 4.98 Å². The summed E-state index contributed by atoms with van der Waals surface area (Å²) in [5.74, 6) is 0. The smallest absolute Gasteiger partial charge is 0.416 e. The van der Waals surface area contributed by atoms with Gasteiger partial charge in [0.15, 0.2) is 5.58 Å². The predicted molar refractivity (Wildman–Crippen MR) is 56.5 cm³/mol.